The minimum atomic E-state index is -1.37. The van der Waals surface area contributed by atoms with Gasteiger partial charge >= 0.3 is 12.0 Å². The summed E-state index contributed by atoms with van der Waals surface area (Å²) >= 11 is 0. The zero-order valence-electron chi connectivity index (χ0n) is 19.9. The van der Waals surface area contributed by atoms with Gasteiger partial charge in [0, 0.05) is 31.5 Å². The fraction of sp³-hybridized carbons (Fsp3) is 0.240. The molecule has 0 aliphatic rings. The van der Waals surface area contributed by atoms with Crippen LogP contribution in [0.15, 0.2) is 67.0 Å². The van der Waals surface area contributed by atoms with Gasteiger partial charge in [-0.3, -0.25) is 4.79 Å². The molecular formula is C25H28N6O6. The second kappa shape index (κ2) is 13.9. The summed E-state index contributed by atoms with van der Waals surface area (Å²) < 4.78 is 5.54. The van der Waals surface area contributed by atoms with Crippen molar-refractivity contribution < 1.29 is 29.3 Å². The topological polar surface area (TPSA) is 175 Å². The van der Waals surface area contributed by atoms with Crippen LogP contribution in [0.2, 0.25) is 0 Å². The van der Waals surface area contributed by atoms with Crippen LogP contribution in [-0.2, 0) is 11.2 Å². The average molecular weight is 509 g/mol. The molecule has 194 valence electrons. The fourth-order valence-corrected chi connectivity index (χ4v) is 3.18. The number of phenolic OH excluding ortho intramolecular Hbond substituents is 1. The highest BCUT2D eigenvalue weighted by Crippen LogP contribution is 2.23. The smallest absolute Gasteiger partial charge is 0.328 e. The van der Waals surface area contributed by atoms with E-state index in [0.717, 1.165) is 5.56 Å². The van der Waals surface area contributed by atoms with Gasteiger partial charge in [-0.25, -0.2) is 19.6 Å². The molecule has 0 saturated heterocycles. The number of nitrogens with one attached hydrogen (secondary N) is 4. The second-order valence-electron chi connectivity index (χ2n) is 7.76. The first kappa shape index (κ1) is 26.7. The Morgan fingerprint density at radius 3 is 2.41 bits per heavy atom. The number of anilines is 1. The van der Waals surface area contributed by atoms with Crippen molar-refractivity contribution in [2.75, 3.05) is 31.6 Å². The summed E-state index contributed by atoms with van der Waals surface area (Å²) in [5, 5.41) is 29.9. The highest BCUT2D eigenvalue weighted by molar-refractivity contribution is 5.97. The normalized spacial score (nSPS) is 11.1. The van der Waals surface area contributed by atoms with E-state index in [4.69, 9.17) is 4.74 Å². The second-order valence-corrected chi connectivity index (χ2v) is 7.76. The molecule has 0 bridgehead atoms. The van der Waals surface area contributed by atoms with Gasteiger partial charge in [0.1, 0.15) is 24.1 Å². The molecule has 3 amide bonds. The van der Waals surface area contributed by atoms with Crippen molar-refractivity contribution in [3.8, 4) is 11.5 Å². The summed E-state index contributed by atoms with van der Waals surface area (Å²) in [4.78, 5) is 44.1. The molecule has 0 saturated carbocycles. The van der Waals surface area contributed by atoms with Crippen LogP contribution in [0.5, 0.6) is 11.5 Å². The van der Waals surface area contributed by atoms with Crippen LogP contribution in [0.1, 0.15) is 15.9 Å². The lowest BCUT2D eigenvalue weighted by Crippen LogP contribution is -2.51. The van der Waals surface area contributed by atoms with Crippen LogP contribution >= 0.6 is 0 Å². The van der Waals surface area contributed by atoms with Crippen molar-refractivity contribution in [1.82, 2.24) is 25.9 Å². The summed E-state index contributed by atoms with van der Waals surface area (Å²) in [6.45, 7) is 0.594. The Kier molecular flexibility index (Phi) is 10.0. The SMILES string of the molecule is O=C(NCCc1ccccc1)N[C@@H](CNC(=O)c1ccc(OCCNc2ncccn2)cc1O)C(=O)O. The Morgan fingerprint density at radius 1 is 0.946 bits per heavy atom. The molecule has 12 heteroatoms. The van der Waals surface area contributed by atoms with E-state index in [1.165, 1.54) is 18.2 Å². The first-order valence-electron chi connectivity index (χ1n) is 11.5. The maximum absolute atomic E-state index is 12.5. The lowest BCUT2D eigenvalue weighted by molar-refractivity contribution is -0.139. The Bertz CT molecular complexity index is 1180. The van der Waals surface area contributed by atoms with Gasteiger partial charge in [0.2, 0.25) is 5.95 Å². The van der Waals surface area contributed by atoms with E-state index in [2.05, 4.69) is 31.2 Å². The number of aromatic hydroxyl groups is 1. The number of urea groups is 1. The molecule has 3 aromatic rings. The molecule has 1 atom stereocenters. The average Bonchev–Trinajstić information content (AvgIpc) is 2.90. The van der Waals surface area contributed by atoms with Gasteiger partial charge in [-0.1, -0.05) is 30.3 Å². The lowest BCUT2D eigenvalue weighted by atomic mass is 10.1. The van der Waals surface area contributed by atoms with Crippen molar-refractivity contribution in [3.05, 3.63) is 78.1 Å². The summed E-state index contributed by atoms with van der Waals surface area (Å²) in [5.74, 6) is -1.57. The van der Waals surface area contributed by atoms with Crippen LogP contribution in [0.4, 0.5) is 10.7 Å². The highest BCUT2D eigenvalue weighted by atomic mass is 16.5. The van der Waals surface area contributed by atoms with Crippen LogP contribution in [0.3, 0.4) is 0 Å². The number of rotatable bonds is 13. The largest absolute Gasteiger partial charge is 0.507 e. The maximum Gasteiger partial charge on any atom is 0.328 e. The van der Waals surface area contributed by atoms with E-state index in [-0.39, 0.29) is 24.5 Å². The van der Waals surface area contributed by atoms with E-state index in [0.29, 0.717) is 31.2 Å². The number of benzene rings is 2. The third-order valence-electron chi connectivity index (χ3n) is 5.05. The minimum Gasteiger partial charge on any atom is -0.507 e. The Hall–Kier alpha value is -4.87. The van der Waals surface area contributed by atoms with Crippen molar-refractivity contribution in [1.29, 1.82) is 0 Å². The number of hydrogen-bond donors (Lipinski definition) is 6. The van der Waals surface area contributed by atoms with Crippen LogP contribution in [0.25, 0.3) is 0 Å². The molecular weight excluding hydrogens is 480 g/mol. The molecule has 1 heterocycles. The van der Waals surface area contributed by atoms with Gasteiger partial charge in [0.15, 0.2) is 0 Å². The zero-order chi connectivity index (χ0) is 26.5. The molecule has 3 rings (SSSR count). The number of aromatic nitrogens is 2. The molecule has 37 heavy (non-hydrogen) atoms. The first-order chi connectivity index (χ1) is 17.9. The van der Waals surface area contributed by atoms with Gasteiger partial charge in [-0.05, 0) is 30.2 Å². The number of carbonyl (C=O) groups excluding carboxylic acids is 2. The maximum atomic E-state index is 12.5. The molecule has 0 radical (unpaired) electrons. The highest BCUT2D eigenvalue weighted by Gasteiger charge is 2.22. The number of carboxylic acids is 1. The predicted octanol–water partition coefficient (Wildman–Crippen LogP) is 1.40. The molecule has 0 spiro atoms. The molecule has 6 N–H and O–H groups in total. The molecule has 0 unspecified atom stereocenters. The van der Waals surface area contributed by atoms with Crippen molar-refractivity contribution in [2.45, 2.75) is 12.5 Å². The van der Waals surface area contributed by atoms with E-state index in [1.807, 2.05) is 30.3 Å². The lowest BCUT2D eigenvalue weighted by Gasteiger charge is -2.16. The standard InChI is InChI=1S/C25H28N6O6/c32-21-15-18(37-14-13-28-24-26-10-4-11-27-24)7-8-19(21)22(33)30-16-20(23(34)35)31-25(36)29-12-9-17-5-2-1-3-6-17/h1-8,10-11,15,20,32H,9,12-14,16H2,(H,30,33)(H,34,35)(H,26,27,28)(H2,29,31,36)/t20-/m0/s1. The minimum absolute atomic E-state index is 0.0698. The molecule has 1 aromatic heterocycles. The monoisotopic (exact) mass is 508 g/mol. The summed E-state index contributed by atoms with van der Waals surface area (Å²) in [7, 11) is 0. The molecule has 12 nitrogen and oxygen atoms in total. The van der Waals surface area contributed by atoms with Gasteiger partial charge < -0.3 is 36.2 Å². The Labute approximate surface area is 213 Å². The van der Waals surface area contributed by atoms with Gasteiger partial charge in [0.25, 0.3) is 5.91 Å². The Morgan fingerprint density at radius 2 is 1.70 bits per heavy atom. The third-order valence-corrected chi connectivity index (χ3v) is 5.05. The summed E-state index contributed by atoms with van der Waals surface area (Å²) in [5.41, 5.74) is 0.958. The van der Waals surface area contributed by atoms with E-state index >= 15 is 0 Å². The van der Waals surface area contributed by atoms with E-state index in [1.54, 1.807) is 18.5 Å². The summed E-state index contributed by atoms with van der Waals surface area (Å²) in [6.07, 6.45) is 3.79. The number of carboxylic acid groups (broad SMARTS) is 1. The van der Waals surface area contributed by atoms with Gasteiger partial charge in [0.05, 0.1) is 12.1 Å². The van der Waals surface area contributed by atoms with Crippen LogP contribution in [0, 0.1) is 0 Å². The first-order valence-corrected chi connectivity index (χ1v) is 11.5. The van der Waals surface area contributed by atoms with Crippen molar-refractivity contribution >= 4 is 23.9 Å². The fourth-order valence-electron chi connectivity index (χ4n) is 3.18. The molecule has 0 aliphatic heterocycles. The van der Waals surface area contributed by atoms with E-state index in [9.17, 15) is 24.6 Å². The Balaban J connectivity index is 1.42. The quantitative estimate of drug-likeness (QED) is 0.186. The third kappa shape index (κ3) is 9.02. The number of amides is 3. The number of hydrogen-bond acceptors (Lipinski definition) is 8. The van der Waals surface area contributed by atoms with E-state index < -0.39 is 23.9 Å². The number of aliphatic carboxylic acids is 1. The van der Waals surface area contributed by atoms with Gasteiger partial charge in [-0.15, -0.1) is 0 Å². The summed E-state index contributed by atoms with van der Waals surface area (Å²) in [6, 6.07) is 13.3. The van der Waals surface area contributed by atoms with Gasteiger partial charge in [-0.2, -0.15) is 0 Å². The number of carbonyl (C=O) groups is 3. The number of nitrogens with zero attached hydrogens (tertiary/aromatic N) is 2. The van der Waals surface area contributed by atoms with Crippen LogP contribution in [-0.4, -0.2) is 70.4 Å². The number of ether oxygens (including phenoxy) is 1. The molecule has 0 fully saturated rings. The molecule has 0 aliphatic carbocycles. The van der Waals surface area contributed by atoms with Crippen LogP contribution < -0.4 is 26.0 Å². The molecule has 2 aromatic carbocycles. The number of phenols is 1. The van der Waals surface area contributed by atoms with Crippen molar-refractivity contribution in [2.24, 2.45) is 0 Å². The zero-order valence-corrected chi connectivity index (χ0v) is 19.9. The predicted molar refractivity (Wildman–Crippen MR) is 135 cm³/mol. The van der Waals surface area contributed by atoms with Crippen molar-refractivity contribution in [3.63, 3.8) is 0 Å².